The molecule has 0 aromatic heterocycles. The van der Waals surface area contributed by atoms with Gasteiger partial charge in [-0.15, -0.1) is 0 Å². The van der Waals surface area contributed by atoms with Crippen LogP contribution in [0.15, 0.2) is 36.4 Å². The summed E-state index contributed by atoms with van der Waals surface area (Å²) >= 11 is 0. The smallest absolute Gasteiger partial charge is 0.248 e. The Kier molecular flexibility index (Phi) is 5.39. The van der Waals surface area contributed by atoms with Crippen LogP contribution in [0.1, 0.15) is 12.0 Å². The Labute approximate surface area is 101 Å². The summed E-state index contributed by atoms with van der Waals surface area (Å²) in [4.78, 5) is 16.1. The lowest BCUT2D eigenvalue weighted by Gasteiger charge is -2.14. The number of carbonyl (C=O) groups is 1. The zero-order valence-corrected chi connectivity index (χ0v) is 10.0. The number of amides is 1. The summed E-state index contributed by atoms with van der Waals surface area (Å²) < 4.78 is 0. The highest BCUT2D eigenvalue weighted by Crippen LogP contribution is 2.04. The molecule has 0 aliphatic heterocycles. The molecule has 1 aromatic carbocycles. The van der Waals surface area contributed by atoms with E-state index in [2.05, 4.69) is 0 Å². The number of rotatable bonds is 5. The molecule has 17 heavy (non-hydrogen) atoms. The first-order chi connectivity index (χ1) is 8.13. The first-order valence-electron chi connectivity index (χ1n) is 5.35. The second kappa shape index (κ2) is 6.83. The quantitative estimate of drug-likeness (QED) is 0.786. The van der Waals surface area contributed by atoms with Crippen LogP contribution in [0.2, 0.25) is 0 Å². The summed E-state index contributed by atoms with van der Waals surface area (Å²) in [5.41, 5.74) is 0.985. The molecular weight excluding hydrogens is 218 g/mol. The first-order valence-corrected chi connectivity index (χ1v) is 5.35. The molecule has 1 amide bonds. The maximum absolute atomic E-state index is 11.4. The Bertz CT molecular complexity index is 376. The van der Waals surface area contributed by atoms with Crippen LogP contribution < -0.4 is 0 Å². The van der Waals surface area contributed by atoms with Gasteiger partial charge in [0.1, 0.15) is 0 Å². The molecule has 0 unspecified atom stereocenters. The van der Waals surface area contributed by atoms with Crippen LogP contribution >= 0.6 is 0 Å². The lowest BCUT2D eigenvalue weighted by Crippen LogP contribution is -2.28. The Morgan fingerprint density at radius 1 is 1.47 bits per heavy atom. The molecule has 4 heteroatoms. The normalized spacial score (nSPS) is 12.6. The molecular formula is C13H17NO3. The summed E-state index contributed by atoms with van der Waals surface area (Å²) in [5, 5.41) is 10.7. The Morgan fingerprint density at radius 2 is 2.12 bits per heavy atom. The van der Waals surface area contributed by atoms with Gasteiger partial charge >= 0.3 is 0 Å². The van der Waals surface area contributed by atoms with Crippen molar-refractivity contribution in [1.29, 1.82) is 0 Å². The van der Waals surface area contributed by atoms with Crippen LogP contribution in [0, 0.1) is 0 Å². The van der Waals surface area contributed by atoms with E-state index in [0.29, 0.717) is 0 Å². The number of benzene rings is 1. The average molecular weight is 235 g/mol. The van der Waals surface area contributed by atoms with Crippen LogP contribution in [0.4, 0.5) is 0 Å². The summed E-state index contributed by atoms with van der Waals surface area (Å²) in [6.07, 6.45) is 2.58. The third-order valence-corrected chi connectivity index (χ3v) is 2.32. The first kappa shape index (κ1) is 13.4. The van der Waals surface area contributed by atoms with Gasteiger partial charge in [0, 0.05) is 7.05 Å². The number of aliphatic hydroxyl groups is 1. The van der Waals surface area contributed by atoms with E-state index in [9.17, 15) is 9.90 Å². The van der Waals surface area contributed by atoms with Crippen molar-refractivity contribution in [3.8, 4) is 0 Å². The van der Waals surface area contributed by atoms with Gasteiger partial charge in [-0.2, -0.15) is 0 Å². The molecule has 0 saturated heterocycles. The summed E-state index contributed by atoms with van der Waals surface area (Å²) in [5.74, 6) is -0.266. The van der Waals surface area contributed by atoms with Gasteiger partial charge in [0.25, 0.3) is 0 Å². The minimum atomic E-state index is -0.805. The molecule has 0 bridgehead atoms. The number of hydrogen-bond acceptors (Lipinski definition) is 3. The molecule has 0 radical (unpaired) electrons. The van der Waals surface area contributed by atoms with E-state index in [4.69, 9.17) is 4.84 Å². The van der Waals surface area contributed by atoms with Crippen molar-refractivity contribution in [2.75, 3.05) is 14.2 Å². The van der Waals surface area contributed by atoms with Crippen molar-refractivity contribution in [3.05, 3.63) is 42.0 Å². The van der Waals surface area contributed by atoms with Crippen molar-refractivity contribution < 1.29 is 14.7 Å². The number of nitrogens with zero attached hydrogens (tertiary/aromatic N) is 1. The standard InChI is InChI=1S/C13H17NO3/c1-14(17-2)13(16)10-12(15)9-8-11-6-4-3-5-7-11/h3-9,12,15H,10H2,1-2H3/b9-8+/t12-/m1/s1. The fourth-order valence-corrected chi connectivity index (χ4v) is 1.26. The summed E-state index contributed by atoms with van der Waals surface area (Å²) in [7, 11) is 2.92. The molecule has 0 saturated carbocycles. The van der Waals surface area contributed by atoms with Gasteiger partial charge in [-0.05, 0) is 5.56 Å². The monoisotopic (exact) mass is 235 g/mol. The SMILES string of the molecule is CON(C)C(=O)C[C@H](O)/C=C/c1ccccc1. The van der Waals surface area contributed by atoms with Crippen molar-refractivity contribution >= 4 is 12.0 Å². The molecule has 1 rings (SSSR count). The largest absolute Gasteiger partial charge is 0.388 e. The van der Waals surface area contributed by atoms with Gasteiger partial charge in [0.15, 0.2) is 0 Å². The van der Waals surface area contributed by atoms with E-state index in [1.807, 2.05) is 30.3 Å². The average Bonchev–Trinajstić information content (AvgIpc) is 2.36. The zero-order valence-electron chi connectivity index (χ0n) is 10.0. The number of carbonyl (C=O) groups excluding carboxylic acids is 1. The second-order valence-electron chi connectivity index (χ2n) is 3.62. The molecule has 0 fully saturated rings. The lowest BCUT2D eigenvalue weighted by atomic mass is 10.1. The zero-order chi connectivity index (χ0) is 12.7. The van der Waals surface area contributed by atoms with Gasteiger partial charge in [0.05, 0.1) is 19.6 Å². The molecule has 0 spiro atoms. The third kappa shape index (κ3) is 4.80. The predicted octanol–water partition coefficient (Wildman–Crippen LogP) is 1.47. The van der Waals surface area contributed by atoms with Gasteiger partial charge in [-0.1, -0.05) is 42.5 Å². The van der Waals surface area contributed by atoms with Gasteiger partial charge < -0.3 is 5.11 Å². The van der Waals surface area contributed by atoms with Crippen molar-refractivity contribution in [3.63, 3.8) is 0 Å². The maximum Gasteiger partial charge on any atom is 0.248 e. The molecule has 0 aliphatic rings. The Morgan fingerprint density at radius 3 is 2.71 bits per heavy atom. The molecule has 0 aliphatic carbocycles. The number of aliphatic hydroxyl groups excluding tert-OH is 1. The van der Waals surface area contributed by atoms with Crippen LogP contribution in [0.3, 0.4) is 0 Å². The van der Waals surface area contributed by atoms with Gasteiger partial charge in [-0.25, -0.2) is 5.06 Å². The Balaban J connectivity index is 2.47. The number of hydroxylamine groups is 2. The molecule has 1 aromatic rings. The minimum absolute atomic E-state index is 0.00761. The van der Waals surface area contributed by atoms with E-state index in [1.54, 1.807) is 12.2 Å². The van der Waals surface area contributed by atoms with Crippen LogP contribution in [-0.4, -0.2) is 36.3 Å². The fraction of sp³-hybridized carbons (Fsp3) is 0.308. The van der Waals surface area contributed by atoms with E-state index in [1.165, 1.54) is 14.2 Å². The topological polar surface area (TPSA) is 49.8 Å². The van der Waals surface area contributed by atoms with Crippen LogP contribution in [0.25, 0.3) is 6.08 Å². The number of hydrogen-bond donors (Lipinski definition) is 1. The van der Waals surface area contributed by atoms with E-state index < -0.39 is 6.10 Å². The maximum atomic E-state index is 11.4. The lowest BCUT2D eigenvalue weighted by molar-refractivity contribution is -0.170. The van der Waals surface area contributed by atoms with Crippen molar-refractivity contribution in [1.82, 2.24) is 5.06 Å². The molecule has 1 N–H and O–H groups in total. The van der Waals surface area contributed by atoms with E-state index >= 15 is 0 Å². The third-order valence-electron chi connectivity index (χ3n) is 2.32. The molecule has 0 heterocycles. The van der Waals surface area contributed by atoms with Crippen molar-refractivity contribution in [2.45, 2.75) is 12.5 Å². The van der Waals surface area contributed by atoms with E-state index in [0.717, 1.165) is 10.6 Å². The van der Waals surface area contributed by atoms with Gasteiger partial charge in [0.2, 0.25) is 5.91 Å². The highest BCUT2D eigenvalue weighted by molar-refractivity contribution is 5.75. The highest BCUT2D eigenvalue weighted by Gasteiger charge is 2.11. The molecule has 92 valence electrons. The van der Waals surface area contributed by atoms with Gasteiger partial charge in [-0.3, -0.25) is 9.63 Å². The van der Waals surface area contributed by atoms with Crippen molar-refractivity contribution in [2.24, 2.45) is 0 Å². The summed E-state index contributed by atoms with van der Waals surface area (Å²) in [6.45, 7) is 0. The van der Waals surface area contributed by atoms with E-state index in [-0.39, 0.29) is 12.3 Å². The minimum Gasteiger partial charge on any atom is -0.388 e. The second-order valence-corrected chi connectivity index (χ2v) is 3.62. The van der Waals surface area contributed by atoms with Crippen LogP contribution in [-0.2, 0) is 9.63 Å². The Hall–Kier alpha value is -1.65. The molecule has 4 nitrogen and oxygen atoms in total. The summed E-state index contributed by atoms with van der Waals surface area (Å²) in [6, 6.07) is 9.59. The predicted molar refractivity (Wildman–Crippen MR) is 65.9 cm³/mol. The fourth-order valence-electron chi connectivity index (χ4n) is 1.26. The van der Waals surface area contributed by atoms with Crippen LogP contribution in [0.5, 0.6) is 0 Å². The molecule has 1 atom stereocenters. The highest BCUT2D eigenvalue weighted by atomic mass is 16.7.